The Morgan fingerprint density at radius 1 is 1.18 bits per heavy atom. The Kier molecular flexibility index (Phi) is 7.93. The fourth-order valence-corrected chi connectivity index (χ4v) is 4.82. The van der Waals surface area contributed by atoms with Crippen LogP contribution in [0.5, 0.6) is 0 Å². The number of carbonyl (C=O) groups is 2. The van der Waals surface area contributed by atoms with Gasteiger partial charge in [0.1, 0.15) is 12.6 Å². The molecule has 3 aliphatic rings. The molecule has 3 fully saturated rings. The molecule has 1 aromatic carbocycles. The molecule has 182 valence electrons. The Balaban J connectivity index is 1.48. The summed E-state index contributed by atoms with van der Waals surface area (Å²) in [5.41, 5.74) is 6.19. The molecular formula is C24H34F2N4O3. The van der Waals surface area contributed by atoms with E-state index >= 15 is 0 Å². The van der Waals surface area contributed by atoms with E-state index in [-0.39, 0.29) is 48.4 Å². The molecule has 33 heavy (non-hydrogen) atoms. The normalized spacial score (nSPS) is 20.6. The maximum Gasteiger partial charge on any atom is 0.265 e. The van der Waals surface area contributed by atoms with Crippen LogP contribution in [0.2, 0.25) is 0 Å². The molecule has 2 saturated carbocycles. The molecule has 3 N–H and O–H groups in total. The van der Waals surface area contributed by atoms with Crippen molar-refractivity contribution in [3.63, 3.8) is 0 Å². The third-order valence-corrected chi connectivity index (χ3v) is 7.21. The third-order valence-electron chi connectivity index (χ3n) is 7.21. The fourth-order valence-electron chi connectivity index (χ4n) is 4.82. The Morgan fingerprint density at radius 2 is 1.85 bits per heavy atom. The maximum absolute atomic E-state index is 13.8. The van der Waals surface area contributed by atoms with Gasteiger partial charge in [-0.2, -0.15) is 0 Å². The summed E-state index contributed by atoms with van der Waals surface area (Å²) in [4.78, 5) is 28.8. The van der Waals surface area contributed by atoms with E-state index in [9.17, 15) is 18.4 Å². The SMILES string of the molecule is NC[C@H](C(=O)Nc1ccc(N2CCOCC2=O)c(C(F)F)c1)N(CC1CCC1)CC1CCC1. The minimum absolute atomic E-state index is 0.128. The topological polar surface area (TPSA) is 87.9 Å². The molecule has 2 aliphatic carbocycles. The predicted octanol–water partition coefficient (Wildman–Crippen LogP) is 3.16. The molecule has 1 heterocycles. The van der Waals surface area contributed by atoms with Crippen LogP contribution in [0, 0.1) is 11.8 Å². The van der Waals surface area contributed by atoms with E-state index in [1.807, 2.05) is 0 Å². The van der Waals surface area contributed by atoms with Crippen LogP contribution in [0.1, 0.15) is 50.5 Å². The van der Waals surface area contributed by atoms with Gasteiger partial charge in [-0.15, -0.1) is 0 Å². The number of halogens is 2. The average Bonchev–Trinajstić information content (AvgIpc) is 2.73. The van der Waals surface area contributed by atoms with Gasteiger partial charge in [0.05, 0.1) is 12.3 Å². The molecule has 1 atom stereocenters. The zero-order chi connectivity index (χ0) is 23.4. The van der Waals surface area contributed by atoms with Crippen LogP contribution in [0.15, 0.2) is 18.2 Å². The van der Waals surface area contributed by atoms with Gasteiger partial charge in [0.2, 0.25) is 5.91 Å². The molecular weight excluding hydrogens is 430 g/mol. The molecule has 0 aromatic heterocycles. The van der Waals surface area contributed by atoms with Crippen molar-refractivity contribution >= 4 is 23.2 Å². The number of carbonyl (C=O) groups excluding carboxylic acids is 2. The number of anilines is 2. The van der Waals surface area contributed by atoms with Crippen molar-refractivity contribution in [2.45, 2.75) is 51.0 Å². The zero-order valence-electron chi connectivity index (χ0n) is 19.0. The molecule has 7 nitrogen and oxygen atoms in total. The van der Waals surface area contributed by atoms with Crippen LogP contribution < -0.4 is 16.0 Å². The average molecular weight is 465 g/mol. The largest absolute Gasteiger partial charge is 0.370 e. The molecule has 0 bridgehead atoms. The number of ether oxygens (including phenoxy) is 1. The van der Waals surface area contributed by atoms with Crippen LogP contribution in [0.4, 0.5) is 20.2 Å². The number of rotatable bonds is 10. The number of hydrogen-bond donors (Lipinski definition) is 2. The van der Waals surface area contributed by atoms with Crippen LogP contribution >= 0.6 is 0 Å². The van der Waals surface area contributed by atoms with Crippen molar-refractivity contribution in [2.24, 2.45) is 17.6 Å². The Labute approximate surface area is 193 Å². The lowest BCUT2D eigenvalue weighted by atomic mass is 9.82. The van der Waals surface area contributed by atoms with E-state index in [1.54, 1.807) is 6.07 Å². The standard InChI is InChI=1S/C24H34F2N4O3/c25-23(26)19-11-18(7-8-20(19)30-9-10-33-15-22(30)31)28-24(32)21(12-27)29(13-16-3-1-4-16)14-17-5-2-6-17/h7-8,11,16-17,21,23H,1-6,9-10,12-15,27H2,(H,28,32)/t21-/m1/s1. The van der Waals surface area contributed by atoms with Gasteiger partial charge in [-0.05, 0) is 55.7 Å². The van der Waals surface area contributed by atoms with E-state index < -0.39 is 12.5 Å². The van der Waals surface area contributed by atoms with Crippen molar-refractivity contribution in [1.82, 2.24) is 4.90 Å². The first kappa shape index (κ1) is 24.0. The highest BCUT2D eigenvalue weighted by atomic mass is 19.3. The van der Waals surface area contributed by atoms with Gasteiger partial charge in [0.15, 0.2) is 0 Å². The van der Waals surface area contributed by atoms with Crippen molar-refractivity contribution in [1.29, 1.82) is 0 Å². The van der Waals surface area contributed by atoms with Crippen molar-refractivity contribution in [3.05, 3.63) is 23.8 Å². The van der Waals surface area contributed by atoms with Crippen molar-refractivity contribution < 1.29 is 23.1 Å². The number of nitrogens with two attached hydrogens (primary N) is 1. The minimum Gasteiger partial charge on any atom is -0.370 e. The monoisotopic (exact) mass is 464 g/mol. The van der Waals surface area contributed by atoms with Gasteiger partial charge < -0.3 is 20.7 Å². The molecule has 1 aromatic rings. The number of benzene rings is 1. The second-order valence-corrected chi connectivity index (χ2v) is 9.46. The number of nitrogens with one attached hydrogen (secondary N) is 1. The maximum atomic E-state index is 13.8. The first-order chi connectivity index (χ1) is 16.0. The van der Waals surface area contributed by atoms with Crippen LogP contribution in [0.25, 0.3) is 0 Å². The Morgan fingerprint density at radius 3 is 2.36 bits per heavy atom. The molecule has 1 saturated heterocycles. The first-order valence-electron chi connectivity index (χ1n) is 12.0. The number of nitrogens with zero attached hydrogens (tertiary/aromatic N) is 2. The highest BCUT2D eigenvalue weighted by Gasteiger charge is 2.32. The minimum atomic E-state index is -2.79. The molecule has 0 spiro atoms. The van der Waals surface area contributed by atoms with Gasteiger partial charge in [-0.3, -0.25) is 14.5 Å². The van der Waals surface area contributed by atoms with Gasteiger partial charge in [-0.25, -0.2) is 8.78 Å². The predicted molar refractivity (Wildman–Crippen MR) is 122 cm³/mol. The highest BCUT2D eigenvalue weighted by molar-refractivity contribution is 5.97. The summed E-state index contributed by atoms with van der Waals surface area (Å²) in [6.45, 7) is 2.27. The molecule has 2 amide bonds. The number of morpholine rings is 1. The summed E-state index contributed by atoms with van der Waals surface area (Å²) >= 11 is 0. The van der Waals surface area contributed by atoms with E-state index in [0.717, 1.165) is 13.1 Å². The summed E-state index contributed by atoms with van der Waals surface area (Å²) in [5, 5.41) is 2.81. The lowest BCUT2D eigenvalue weighted by molar-refractivity contribution is -0.125. The fraction of sp³-hybridized carbons (Fsp3) is 0.667. The summed E-state index contributed by atoms with van der Waals surface area (Å²) in [6, 6.07) is 3.80. The van der Waals surface area contributed by atoms with E-state index in [1.165, 1.54) is 55.6 Å². The smallest absolute Gasteiger partial charge is 0.265 e. The molecule has 1 aliphatic heterocycles. The number of alkyl halides is 2. The molecule has 9 heteroatoms. The van der Waals surface area contributed by atoms with Gasteiger partial charge >= 0.3 is 0 Å². The quantitative estimate of drug-likeness (QED) is 0.555. The lowest BCUT2D eigenvalue weighted by Crippen LogP contribution is -2.52. The highest BCUT2D eigenvalue weighted by Crippen LogP contribution is 2.34. The summed E-state index contributed by atoms with van der Waals surface area (Å²) < 4.78 is 32.8. The third kappa shape index (κ3) is 5.70. The molecule has 0 radical (unpaired) electrons. The summed E-state index contributed by atoms with van der Waals surface area (Å²) in [7, 11) is 0. The van der Waals surface area contributed by atoms with E-state index in [2.05, 4.69) is 10.2 Å². The Hall–Kier alpha value is -2.10. The molecule has 0 unspecified atom stereocenters. The summed E-state index contributed by atoms with van der Waals surface area (Å²) in [6.07, 6.45) is 4.40. The first-order valence-corrected chi connectivity index (χ1v) is 12.0. The van der Waals surface area contributed by atoms with Gasteiger partial charge in [0, 0.05) is 37.4 Å². The van der Waals surface area contributed by atoms with E-state index in [0.29, 0.717) is 18.4 Å². The van der Waals surface area contributed by atoms with Gasteiger partial charge in [0.25, 0.3) is 12.3 Å². The Bertz CT molecular complexity index is 829. The van der Waals surface area contributed by atoms with Gasteiger partial charge in [-0.1, -0.05) is 12.8 Å². The van der Waals surface area contributed by atoms with E-state index in [4.69, 9.17) is 10.5 Å². The second-order valence-electron chi connectivity index (χ2n) is 9.46. The second kappa shape index (κ2) is 10.9. The van der Waals surface area contributed by atoms with Crippen molar-refractivity contribution in [2.75, 3.05) is 49.6 Å². The molecule has 4 rings (SSSR count). The number of amides is 2. The summed E-state index contributed by atoms with van der Waals surface area (Å²) in [5.74, 6) is 0.572. The van der Waals surface area contributed by atoms with Crippen molar-refractivity contribution in [3.8, 4) is 0 Å². The van der Waals surface area contributed by atoms with Crippen LogP contribution in [-0.4, -0.2) is 62.1 Å². The lowest BCUT2D eigenvalue weighted by Gasteiger charge is -2.40. The number of hydrogen-bond acceptors (Lipinski definition) is 5. The van der Waals surface area contributed by atoms with Crippen LogP contribution in [-0.2, 0) is 14.3 Å². The van der Waals surface area contributed by atoms with Crippen LogP contribution in [0.3, 0.4) is 0 Å². The zero-order valence-corrected chi connectivity index (χ0v) is 19.0.